The highest BCUT2D eigenvalue weighted by molar-refractivity contribution is 5.44. The number of benzene rings is 1. The molecule has 0 radical (unpaired) electrons. The van der Waals surface area contributed by atoms with E-state index in [1.807, 2.05) is 0 Å². The summed E-state index contributed by atoms with van der Waals surface area (Å²) in [5.41, 5.74) is 5.58. The van der Waals surface area contributed by atoms with E-state index in [-0.39, 0.29) is 0 Å². The molecule has 0 saturated carbocycles. The van der Waals surface area contributed by atoms with E-state index in [0.29, 0.717) is 0 Å². The van der Waals surface area contributed by atoms with Crippen LogP contribution in [-0.4, -0.2) is 6.29 Å². The van der Waals surface area contributed by atoms with Crippen molar-refractivity contribution in [2.45, 2.75) is 34.6 Å². The number of carbonyl (C=O) groups is 1. The second-order valence-electron chi connectivity index (χ2n) is 3.26. The lowest BCUT2D eigenvalue weighted by atomic mass is 10.0. The standard InChI is InChI=1S/C10H14.C2H4O/c1-7-5-8(2)10(4)9(3)6-7;1-2-3/h5-6H,1-4H3;2H,1H3. The van der Waals surface area contributed by atoms with Crippen LogP contribution in [0.1, 0.15) is 29.2 Å². The maximum absolute atomic E-state index is 8.81. The molecule has 0 heterocycles. The lowest BCUT2D eigenvalue weighted by Crippen LogP contribution is -1.86. The molecule has 0 unspecified atom stereocenters. The summed E-state index contributed by atoms with van der Waals surface area (Å²) in [6, 6.07) is 4.45. The van der Waals surface area contributed by atoms with Crippen molar-refractivity contribution in [3.8, 4) is 0 Å². The molecule has 0 fully saturated rings. The van der Waals surface area contributed by atoms with E-state index in [4.69, 9.17) is 4.79 Å². The van der Waals surface area contributed by atoms with Crippen LogP contribution >= 0.6 is 0 Å². The van der Waals surface area contributed by atoms with Gasteiger partial charge in [-0.1, -0.05) is 17.7 Å². The number of hydrogen-bond acceptors (Lipinski definition) is 1. The Morgan fingerprint density at radius 1 is 1.00 bits per heavy atom. The number of aryl methyl sites for hydroxylation is 3. The average molecular weight is 178 g/mol. The third-order valence-electron chi connectivity index (χ3n) is 2.07. The lowest BCUT2D eigenvalue weighted by Gasteiger charge is -2.04. The Morgan fingerprint density at radius 2 is 1.31 bits per heavy atom. The Balaban J connectivity index is 0.000000424. The molecule has 0 aliphatic carbocycles. The minimum atomic E-state index is 0.750. The zero-order chi connectivity index (χ0) is 10.4. The smallest absolute Gasteiger partial charge is 0.116 e. The fraction of sp³-hybridized carbons (Fsp3) is 0.417. The highest BCUT2D eigenvalue weighted by Gasteiger charge is 1.95. The largest absolute Gasteiger partial charge is 0.304 e. The fourth-order valence-electron chi connectivity index (χ4n) is 1.25. The van der Waals surface area contributed by atoms with Gasteiger partial charge in [0.2, 0.25) is 0 Å². The summed E-state index contributed by atoms with van der Waals surface area (Å²) in [6.07, 6.45) is 0.750. The second-order valence-corrected chi connectivity index (χ2v) is 3.26. The van der Waals surface area contributed by atoms with Crippen molar-refractivity contribution in [3.63, 3.8) is 0 Å². The minimum Gasteiger partial charge on any atom is -0.304 e. The van der Waals surface area contributed by atoms with E-state index in [2.05, 4.69) is 39.8 Å². The quantitative estimate of drug-likeness (QED) is 0.558. The predicted molar refractivity (Wildman–Crippen MR) is 57.1 cm³/mol. The lowest BCUT2D eigenvalue weighted by molar-refractivity contribution is -0.106. The van der Waals surface area contributed by atoms with Crippen molar-refractivity contribution in [1.29, 1.82) is 0 Å². The van der Waals surface area contributed by atoms with Gasteiger partial charge in [-0.15, -0.1) is 0 Å². The monoisotopic (exact) mass is 178 g/mol. The van der Waals surface area contributed by atoms with Gasteiger partial charge in [0.05, 0.1) is 0 Å². The van der Waals surface area contributed by atoms with Gasteiger partial charge < -0.3 is 4.79 Å². The molecule has 1 aromatic rings. The van der Waals surface area contributed by atoms with E-state index in [0.717, 1.165) is 6.29 Å². The van der Waals surface area contributed by atoms with Crippen molar-refractivity contribution in [3.05, 3.63) is 34.4 Å². The van der Waals surface area contributed by atoms with Gasteiger partial charge >= 0.3 is 0 Å². The maximum atomic E-state index is 8.81. The zero-order valence-corrected chi connectivity index (χ0v) is 9.14. The summed E-state index contributed by atoms with van der Waals surface area (Å²) in [5, 5.41) is 0. The zero-order valence-electron chi connectivity index (χ0n) is 9.14. The van der Waals surface area contributed by atoms with Crippen LogP contribution in [0.4, 0.5) is 0 Å². The van der Waals surface area contributed by atoms with Crippen LogP contribution in [0.2, 0.25) is 0 Å². The summed E-state index contributed by atoms with van der Waals surface area (Å²) in [6.45, 7) is 10.1. The van der Waals surface area contributed by atoms with Gasteiger partial charge in [0, 0.05) is 0 Å². The summed E-state index contributed by atoms with van der Waals surface area (Å²) < 4.78 is 0. The molecule has 1 aromatic carbocycles. The molecule has 72 valence electrons. The first kappa shape index (κ1) is 11.9. The van der Waals surface area contributed by atoms with Crippen molar-refractivity contribution >= 4 is 6.29 Å². The molecular formula is C12H18O. The molecule has 0 aliphatic rings. The molecule has 1 rings (SSSR count). The topological polar surface area (TPSA) is 17.1 Å². The van der Waals surface area contributed by atoms with Crippen molar-refractivity contribution in [1.82, 2.24) is 0 Å². The number of aldehydes is 1. The van der Waals surface area contributed by atoms with Gasteiger partial charge in [-0.2, -0.15) is 0 Å². The third-order valence-corrected chi connectivity index (χ3v) is 2.07. The first-order valence-electron chi connectivity index (χ1n) is 4.47. The summed E-state index contributed by atoms with van der Waals surface area (Å²) in [4.78, 5) is 8.81. The van der Waals surface area contributed by atoms with E-state index in [1.165, 1.54) is 29.2 Å². The number of rotatable bonds is 0. The van der Waals surface area contributed by atoms with Crippen molar-refractivity contribution < 1.29 is 4.79 Å². The van der Waals surface area contributed by atoms with Crippen molar-refractivity contribution in [2.24, 2.45) is 0 Å². The number of hydrogen-bond donors (Lipinski definition) is 0. The van der Waals surface area contributed by atoms with Crippen LogP contribution in [0.5, 0.6) is 0 Å². The number of carbonyl (C=O) groups excluding carboxylic acids is 1. The summed E-state index contributed by atoms with van der Waals surface area (Å²) in [7, 11) is 0. The minimum absolute atomic E-state index is 0.750. The summed E-state index contributed by atoms with van der Waals surface area (Å²) >= 11 is 0. The second kappa shape index (κ2) is 5.52. The van der Waals surface area contributed by atoms with Crippen molar-refractivity contribution in [2.75, 3.05) is 0 Å². The Labute approximate surface area is 80.8 Å². The van der Waals surface area contributed by atoms with Gasteiger partial charge in [-0.05, 0) is 51.3 Å². The first-order chi connectivity index (χ1) is 6.02. The van der Waals surface area contributed by atoms with Gasteiger partial charge in [0.15, 0.2) is 0 Å². The highest BCUT2D eigenvalue weighted by atomic mass is 16.1. The van der Waals surface area contributed by atoms with E-state index < -0.39 is 0 Å². The molecule has 1 heteroatoms. The Morgan fingerprint density at radius 3 is 1.62 bits per heavy atom. The van der Waals surface area contributed by atoms with Crippen LogP contribution in [0.15, 0.2) is 12.1 Å². The highest BCUT2D eigenvalue weighted by Crippen LogP contribution is 2.13. The molecule has 0 aliphatic heterocycles. The predicted octanol–water partition coefficient (Wildman–Crippen LogP) is 3.13. The molecular weight excluding hydrogens is 160 g/mol. The van der Waals surface area contributed by atoms with E-state index in [1.54, 1.807) is 0 Å². The fourth-order valence-corrected chi connectivity index (χ4v) is 1.25. The normalized spacial score (nSPS) is 8.69. The molecule has 0 aromatic heterocycles. The summed E-state index contributed by atoms with van der Waals surface area (Å²) in [5.74, 6) is 0. The molecule has 0 amide bonds. The van der Waals surface area contributed by atoms with Crippen LogP contribution in [0.3, 0.4) is 0 Å². The molecule has 13 heavy (non-hydrogen) atoms. The first-order valence-corrected chi connectivity index (χ1v) is 4.47. The van der Waals surface area contributed by atoms with Crippen LogP contribution in [0, 0.1) is 27.7 Å². The SMILES string of the molecule is CC=O.Cc1cc(C)c(C)c(C)c1. The maximum Gasteiger partial charge on any atom is 0.116 e. The third kappa shape index (κ3) is 3.88. The molecule has 0 saturated heterocycles. The molecule has 0 spiro atoms. The van der Waals surface area contributed by atoms with E-state index >= 15 is 0 Å². The Hall–Kier alpha value is -1.11. The average Bonchev–Trinajstić information content (AvgIpc) is 2.01. The molecule has 1 nitrogen and oxygen atoms in total. The Bertz CT molecular complexity index is 264. The van der Waals surface area contributed by atoms with Gasteiger partial charge in [0.1, 0.15) is 6.29 Å². The van der Waals surface area contributed by atoms with Gasteiger partial charge in [-0.3, -0.25) is 0 Å². The van der Waals surface area contributed by atoms with Gasteiger partial charge in [0.25, 0.3) is 0 Å². The van der Waals surface area contributed by atoms with E-state index in [9.17, 15) is 0 Å². The van der Waals surface area contributed by atoms with Gasteiger partial charge in [-0.25, -0.2) is 0 Å². The molecule has 0 atom stereocenters. The van der Waals surface area contributed by atoms with Crippen LogP contribution in [0.25, 0.3) is 0 Å². The Kier molecular flexibility index (Phi) is 5.05. The molecule has 0 N–H and O–H groups in total. The van der Waals surface area contributed by atoms with Crippen LogP contribution < -0.4 is 0 Å². The molecule has 0 bridgehead atoms. The van der Waals surface area contributed by atoms with Crippen LogP contribution in [-0.2, 0) is 4.79 Å².